The largest absolute Gasteiger partial charge is 0.489 e. The summed E-state index contributed by atoms with van der Waals surface area (Å²) in [5.74, 6) is 0.886. The molecule has 4 rings (SSSR count). The van der Waals surface area contributed by atoms with Gasteiger partial charge in [-0.2, -0.15) is 0 Å². The van der Waals surface area contributed by atoms with E-state index in [9.17, 15) is 4.79 Å². The molecule has 158 valence electrons. The molecule has 0 saturated carbocycles. The van der Waals surface area contributed by atoms with Gasteiger partial charge in [0.2, 0.25) is 5.91 Å². The summed E-state index contributed by atoms with van der Waals surface area (Å²) >= 11 is 6.00. The van der Waals surface area contributed by atoms with Gasteiger partial charge in [-0.3, -0.25) is 4.79 Å². The highest BCUT2D eigenvalue weighted by Crippen LogP contribution is 2.22. The lowest BCUT2D eigenvalue weighted by Crippen LogP contribution is -2.48. The third kappa shape index (κ3) is 5.89. The second kappa shape index (κ2) is 10.2. The zero-order valence-electron chi connectivity index (χ0n) is 17.3. The molecule has 0 unspecified atom stereocenters. The van der Waals surface area contributed by atoms with Gasteiger partial charge < -0.3 is 14.5 Å². The average Bonchev–Trinajstić information content (AvgIpc) is 2.82. The second-order valence-electron chi connectivity index (χ2n) is 7.47. The summed E-state index contributed by atoms with van der Waals surface area (Å²) in [5, 5.41) is 0.666. The van der Waals surface area contributed by atoms with E-state index >= 15 is 0 Å². The van der Waals surface area contributed by atoms with Crippen molar-refractivity contribution >= 4 is 29.3 Å². The average molecular weight is 433 g/mol. The fourth-order valence-corrected chi connectivity index (χ4v) is 3.76. The molecule has 1 aliphatic rings. The predicted octanol–water partition coefficient (Wildman–Crippen LogP) is 5.28. The van der Waals surface area contributed by atoms with Crippen LogP contribution in [0.1, 0.15) is 11.1 Å². The minimum absolute atomic E-state index is 0.0317. The quantitative estimate of drug-likeness (QED) is 0.497. The summed E-state index contributed by atoms with van der Waals surface area (Å²) in [6, 6.07) is 25.8. The van der Waals surface area contributed by atoms with Crippen molar-refractivity contribution in [1.29, 1.82) is 0 Å². The van der Waals surface area contributed by atoms with Crippen LogP contribution in [0, 0.1) is 0 Å². The molecule has 4 nitrogen and oxygen atoms in total. The molecule has 3 aromatic rings. The van der Waals surface area contributed by atoms with Gasteiger partial charge in [0.25, 0.3) is 0 Å². The van der Waals surface area contributed by atoms with E-state index in [4.69, 9.17) is 16.3 Å². The Morgan fingerprint density at radius 3 is 2.35 bits per heavy atom. The number of hydrogen-bond donors (Lipinski definition) is 0. The molecule has 0 aromatic heterocycles. The Kier molecular flexibility index (Phi) is 6.90. The van der Waals surface area contributed by atoms with Gasteiger partial charge in [0.1, 0.15) is 12.4 Å². The van der Waals surface area contributed by atoms with Gasteiger partial charge in [0.05, 0.1) is 0 Å². The number of amides is 1. The number of carbonyl (C=O) groups is 1. The molecule has 0 aliphatic carbocycles. The van der Waals surface area contributed by atoms with Gasteiger partial charge in [-0.1, -0.05) is 54.1 Å². The first-order valence-corrected chi connectivity index (χ1v) is 10.8. The first-order valence-electron chi connectivity index (χ1n) is 10.4. The summed E-state index contributed by atoms with van der Waals surface area (Å²) in [4.78, 5) is 16.7. The van der Waals surface area contributed by atoms with Gasteiger partial charge in [-0.25, -0.2) is 0 Å². The maximum atomic E-state index is 12.5. The lowest BCUT2D eigenvalue weighted by Gasteiger charge is -2.35. The molecule has 0 N–H and O–H groups in total. The van der Waals surface area contributed by atoms with Gasteiger partial charge in [-0.15, -0.1) is 0 Å². The molecule has 31 heavy (non-hydrogen) atoms. The van der Waals surface area contributed by atoms with E-state index in [2.05, 4.69) is 29.2 Å². The van der Waals surface area contributed by atoms with Crippen molar-refractivity contribution in [2.45, 2.75) is 6.61 Å². The summed E-state index contributed by atoms with van der Waals surface area (Å²) in [7, 11) is 0. The summed E-state index contributed by atoms with van der Waals surface area (Å²) < 4.78 is 5.87. The fourth-order valence-electron chi connectivity index (χ4n) is 3.56. The number of nitrogens with zero attached hydrogens (tertiary/aromatic N) is 2. The Hall–Kier alpha value is -3.24. The molecule has 5 heteroatoms. The molecule has 1 aliphatic heterocycles. The van der Waals surface area contributed by atoms with Gasteiger partial charge in [-0.05, 0) is 53.6 Å². The number of halogens is 1. The molecule has 0 atom stereocenters. The van der Waals surface area contributed by atoms with Crippen LogP contribution in [0.15, 0.2) is 84.9 Å². The van der Waals surface area contributed by atoms with E-state index < -0.39 is 0 Å². The molecule has 0 spiro atoms. The van der Waals surface area contributed by atoms with E-state index in [1.165, 1.54) is 0 Å². The van der Waals surface area contributed by atoms with Crippen molar-refractivity contribution in [2.24, 2.45) is 0 Å². The van der Waals surface area contributed by atoms with E-state index in [1.807, 2.05) is 65.6 Å². The molecular weight excluding hydrogens is 408 g/mol. The molecule has 1 amide bonds. The monoisotopic (exact) mass is 432 g/mol. The number of piperazine rings is 1. The van der Waals surface area contributed by atoms with Crippen LogP contribution in [0.5, 0.6) is 5.75 Å². The minimum Gasteiger partial charge on any atom is -0.489 e. The van der Waals surface area contributed by atoms with Crippen LogP contribution in [0.3, 0.4) is 0 Å². The topological polar surface area (TPSA) is 32.8 Å². The highest BCUT2D eigenvalue weighted by Gasteiger charge is 2.19. The van der Waals surface area contributed by atoms with Gasteiger partial charge in [0, 0.05) is 43.0 Å². The normalized spacial score (nSPS) is 14.1. The van der Waals surface area contributed by atoms with Crippen LogP contribution in [0.25, 0.3) is 6.08 Å². The van der Waals surface area contributed by atoms with Crippen molar-refractivity contribution in [3.8, 4) is 5.75 Å². The standard InChI is InChI=1S/C26H25ClN2O2/c27-23-8-4-7-21(19-23)9-14-26(30)29-17-15-28(16-18-29)24-10-12-25(13-11-24)31-20-22-5-2-1-3-6-22/h1-14,19H,15-18,20H2. The molecule has 0 radical (unpaired) electrons. The van der Waals surface area contributed by atoms with E-state index in [0.29, 0.717) is 24.7 Å². The molecule has 1 saturated heterocycles. The van der Waals surface area contributed by atoms with Crippen LogP contribution in [-0.2, 0) is 11.4 Å². The van der Waals surface area contributed by atoms with Gasteiger partial charge >= 0.3 is 0 Å². The zero-order valence-corrected chi connectivity index (χ0v) is 18.0. The van der Waals surface area contributed by atoms with Crippen LogP contribution in [0.4, 0.5) is 5.69 Å². The highest BCUT2D eigenvalue weighted by molar-refractivity contribution is 6.30. The number of rotatable bonds is 6. The van der Waals surface area contributed by atoms with Crippen LogP contribution < -0.4 is 9.64 Å². The maximum absolute atomic E-state index is 12.5. The van der Waals surface area contributed by atoms with E-state index in [1.54, 1.807) is 6.08 Å². The second-order valence-corrected chi connectivity index (χ2v) is 7.91. The molecule has 1 heterocycles. The minimum atomic E-state index is 0.0317. The molecule has 0 bridgehead atoms. The first kappa shape index (κ1) is 21.0. The summed E-state index contributed by atoms with van der Waals surface area (Å²) in [6.45, 7) is 3.57. The Labute approximate surface area is 188 Å². The van der Waals surface area contributed by atoms with Gasteiger partial charge in [0.15, 0.2) is 0 Å². The number of benzene rings is 3. The van der Waals surface area contributed by atoms with Crippen molar-refractivity contribution in [1.82, 2.24) is 4.90 Å². The summed E-state index contributed by atoms with van der Waals surface area (Å²) in [6.07, 6.45) is 3.44. The Bertz CT molecular complexity index is 1030. The summed E-state index contributed by atoms with van der Waals surface area (Å²) in [5.41, 5.74) is 3.22. The Morgan fingerprint density at radius 2 is 1.65 bits per heavy atom. The number of hydrogen-bond acceptors (Lipinski definition) is 3. The third-order valence-corrected chi connectivity index (χ3v) is 5.54. The van der Waals surface area contributed by atoms with E-state index in [-0.39, 0.29) is 5.91 Å². The zero-order chi connectivity index (χ0) is 21.5. The van der Waals surface area contributed by atoms with Crippen LogP contribution in [0.2, 0.25) is 5.02 Å². The predicted molar refractivity (Wildman–Crippen MR) is 126 cm³/mol. The lowest BCUT2D eigenvalue weighted by molar-refractivity contribution is -0.126. The van der Waals surface area contributed by atoms with Crippen LogP contribution in [-0.4, -0.2) is 37.0 Å². The van der Waals surface area contributed by atoms with Crippen molar-refractivity contribution in [2.75, 3.05) is 31.1 Å². The number of anilines is 1. The highest BCUT2D eigenvalue weighted by atomic mass is 35.5. The SMILES string of the molecule is O=C(C=Cc1cccc(Cl)c1)N1CCN(c2ccc(OCc3ccccc3)cc2)CC1. The van der Waals surface area contributed by atoms with Crippen molar-refractivity contribution in [3.63, 3.8) is 0 Å². The maximum Gasteiger partial charge on any atom is 0.246 e. The number of carbonyl (C=O) groups excluding carboxylic acids is 1. The molecule has 1 fully saturated rings. The Balaban J connectivity index is 1.26. The molecular formula is C26H25ClN2O2. The fraction of sp³-hybridized carbons (Fsp3) is 0.192. The number of ether oxygens (including phenoxy) is 1. The lowest BCUT2D eigenvalue weighted by atomic mass is 10.2. The van der Waals surface area contributed by atoms with Crippen LogP contribution >= 0.6 is 11.6 Å². The Morgan fingerprint density at radius 1 is 0.903 bits per heavy atom. The van der Waals surface area contributed by atoms with Crippen molar-refractivity contribution < 1.29 is 9.53 Å². The van der Waals surface area contributed by atoms with Crippen molar-refractivity contribution in [3.05, 3.63) is 101 Å². The first-order chi connectivity index (χ1) is 15.2. The molecule has 3 aromatic carbocycles. The smallest absolute Gasteiger partial charge is 0.246 e. The van der Waals surface area contributed by atoms with E-state index in [0.717, 1.165) is 35.7 Å². The third-order valence-electron chi connectivity index (χ3n) is 5.31.